The molecule has 0 saturated heterocycles. The van der Waals surface area contributed by atoms with Gasteiger partial charge in [-0.3, -0.25) is 14.2 Å². The number of aromatic nitrogens is 1. The Labute approximate surface area is 149 Å². The van der Waals surface area contributed by atoms with E-state index in [4.69, 9.17) is 0 Å². The highest BCUT2D eigenvalue weighted by Crippen LogP contribution is 2.36. The second-order valence-corrected chi connectivity index (χ2v) is 6.15. The molecule has 0 amide bonds. The van der Waals surface area contributed by atoms with Crippen molar-refractivity contribution < 1.29 is 24.2 Å². The van der Waals surface area contributed by atoms with Crippen LogP contribution in [0.5, 0.6) is 5.75 Å². The van der Waals surface area contributed by atoms with E-state index in [-0.39, 0.29) is 11.3 Å². The smallest absolute Gasteiger partial charge is 0.311 e. The van der Waals surface area contributed by atoms with Gasteiger partial charge in [0.2, 0.25) is 0 Å². The fourth-order valence-corrected chi connectivity index (χ4v) is 3.39. The molecule has 0 fully saturated rings. The summed E-state index contributed by atoms with van der Waals surface area (Å²) in [5.41, 5.74) is 1.59. The predicted octanol–water partition coefficient (Wildman–Crippen LogP) is 4.06. The number of hydrogen-bond donors (Lipinski definition) is 2. The van der Waals surface area contributed by atoms with Crippen molar-refractivity contribution in [2.24, 2.45) is 0 Å². The van der Waals surface area contributed by atoms with Crippen molar-refractivity contribution in [2.45, 2.75) is 26.2 Å². The van der Waals surface area contributed by atoms with Crippen molar-refractivity contribution in [1.29, 1.82) is 0 Å². The van der Waals surface area contributed by atoms with Gasteiger partial charge in [0, 0.05) is 16.6 Å². The number of benzene rings is 2. The largest absolute Gasteiger partial charge is 0.508 e. The molecule has 0 spiro atoms. The van der Waals surface area contributed by atoms with Gasteiger partial charge in [-0.05, 0) is 55.3 Å². The quantitative estimate of drug-likeness (QED) is 0.740. The van der Waals surface area contributed by atoms with E-state index in [1.807, 2.05) is 0 Å². The van der Waals surface area contributed by atoms with Crippen LogP contribution in [-0.2, 0) is 4.79 Å². The van der Waals surface area contributed by atoms with Gasteiger partial charge in [0.05, 0.1) is 11.4 Å². The molecule has 0 aliphatic heterocycles. The highest BCUT2D eigenvalue weighted by molar-refractivity contribution is 6.05. The maximum atomic E-state index is 13.5. The summed E-state index contributed by atoms with van der Waals surface area (Å²) in [6.07, 6.45) is 0.332. The summed E-state index contributed by atoms with van der Waals surface area (Å²) in [5.74, 6) is -2.82. The summed E-state index contributed by atoms with van der Waals surface area (Å²) < 4.78 is 14.9. The number of carboxylic acid groups (broad SMARTS) is 1. The van der Waals surface area contributed by atoms with E-state index in [2.05, 4.69) is 0 Å². The van der Waals surface area contributed by atoms with Crippen molar-refractivity contribution in [3.8, 4) is 5.75 Å². The molecule has 134 valence electrons. The standard InChI is InChI=1S/C20H18FNO4/c1-3-15(20(25)26)18-11(2)22(17-8-7-14(23)10-16(17)18)19(24)12-5-4-6-13(21)9-12/h4-10,15,23H,3H2,1-2H3,(H,25,26). The van der Waals surface area contributed by atoms with Crippen LogP contribution in [0.3, 0.4) is 0 Å². The number of aromatic hydroxyl groups is 1. The molecule has 0 radical (unpaired) electrons. The highest BCUT2D eigenvalue weighted by atomic mass is 19.1. The predicted molar refractivity (Wildman–Crippen MR) is 95.1 cm³/mol. The van der Waals surface area contributed by atoms with E-state index in [1.54, 1.807) is 19.9 Å². The Bertz CT molecular complexity index is 1020. The molecular formula is C20H18FNO4. The Balaban J connectivity index is 2.31. The lowest BCUT2D eigenvalue weighted by atomic mass is 9.94. The van der Waals surface area contributed by atoms with E-state index >= 15 is 0 Å². The topological polar surface area (TPSA) is 79.5 Å². The molecule has 1 atom stereocenters. The van der Waals surface area contributed by atoms with E-state index in [0.717, 1.165) is 6.07 Å². The second-order valence-electron chi connectivity index (χ2n) is 6.15. The summed E-state index contributed by atoms with van der Waals surface area (Å²) in [6, 6.07) is 9.79. The minimum Gasteiger partial charge on any atom is -0.508 e. The van der Waals surface area contributed by atoms with E-state index in [9.17, 15) is 24.2 Å². The number of carboxylic acids is 1. The Hall–Kier alpha value is -3.15. The van der Waals surface area contributed by atoms with Crippen molar-refractivity contribution in [2.75, 3.05) is 0 Å². The number of hydrogen-bond acceptors (Lipinski definition) is 3. The Morgan fingerprint density at radius 1 is 1.19 bits per heavy atom. The normalized spacial score (nSPS) is 12.3. The van der Waals surface area contributed by atoms with Gasteiger partial charge >= 0.3 is 5.97 Å². The molecular weight excluding hydrogens is 337 g/mol. The lowest BCUT2D eigenvalue weighted by Gasteiger charge is -2.12. The summed E-state index contributed by atoms with van der Waals surface area (Å²) in [4.78, 5) is 24.7. The van der Waals surface area contributed by atoms with Gasteiger partial charge in [0.25, 0.3) is 5.91 Å². The maximum Gasteiger partial charge on any atom is 0.311 e. The first-order chi connectivity index (χ1) is 12.3. The molecule has 26 heavy (non-hydrogen) atoms. The van der Waals surface area contributed by atoms with Crippen LogP contribution in [0.15, 0.2) is 42.5 Å². The van der Waals surface area contributed by atoms with Crippen LogP contribution in [0.2, 0.25) is 0 Å². The summed E-state index contributed by atoms with van der Waals surface area (Å²) in [5, 5.41) is 19.9. The van der Waals surface area contributed by atoms with Gasteiger partial charge in [0.15, 0.2) is 0 Å². The molecule has 2 N–H and O–H groups in total. The lowest BCUT2D eigenvalue weighted by molar-refractivity contribution is -0.138. The molecule has 6 heteroatoms. The van der Waals surface area contributed by atoms with Gasteiger partial charge in [-0.15, -0.1) is 0 Å². The molecule has 0 bridgehead atoms. The molecule has 1 unspecified atom stereocenters. The average Bonchev–Trinajstić information content (AvgIpc) is 2.87. The zero-order chi connectivity index (χ0) is 19.0. The molecule has 5 nitrogen and oxygen atoms in total. The fraction of sp³-hybridized carbons (Fsp3) is 0.200. The van der Waals surface area contributed by atoms with Crippen molar-refractivity contribution in [3.63, 3.8) is 0 Å². The minimum absolute atomic E-state index is 0.0191. The molecule has 3 rings (SSSR count). The number of carbonyl (C=O) groups is 2. The van der Waals surface area contributed by atoms with Gasteiger partial charge in [0.1, 0.15) is 11.6 Å². The summed E-state index contributed by atoms with van der Waals surface area (Å²) in [7, 11) is 0. The van der Waals surface area contributed by atoms with Gasteiger partial charge < -0.3 is 10.2 Å². The van der Waals surface area contributed by atoms with Crippen LogP contribution in [0, 0.1) is 12.7 Å². The van der Waals surface area contributed by atoms with Crippen LogP contribution in [0.4, 0.5) is 4.39 Å². The number of halogens is 1. The SMILES string of the molecule is CCC(C(=O)O)c1c(C)n(C(=O)c2cccc(F)c2)c2ccc(O)cc12. The number of carbonyl (C=O) groups excluding carboxylic acids is 1. The third-order valence-corrected chi connectivity index (χ3v) is 4.57. The van der Waals surface area contributed by atoms with Crippen molar-refractivity contribution in [3.05, 3.63) is 65.1 Å². The lowest BCUT2D eigenvalue weighted by Crippen LogP contribution is -2.16. The molecule has 2 aromatic carbocycles. The highest BCUT2D eigenvalue weighted by Gasteiger charge is 2.28. The van der Waals surface area contributed by atoms with Crippen molar-refractivity contribution in [1.82, 2.24) is 4.57 Å². The van der Waals surface area contributed by atoms with E-state index in [0.29, 0.717) is 28.6 Å². The van der Waals surface area contributed by atoms with Gasteiger partial charge in [-0.25, -0.2) is 4.39 Å². The fourth-order valence-electron chi connectivity index (χ4n) is 3.39. The van der Waals surface area contributed by atoms with Crippen LogP contribution in [0.25, 0.3) is 10.9 Å². The number of phenols is 1. The van der Waals surface area contributed by atoms with E-state index < -0.39 is 23.6 Å². The molecule has 1 aromatic heterocycles. The summed E-state index contributed by atoms with van der Waals surface area (Å²) >= 11 is 0. The monoisotopic (exact) mass is 355 g/mol. The number of phenolic OH excluding ortho intramolecular Hbond substituents is 1. The van der Waals surface area contributed by atoms with Gasteiger partial charge in [-0.1, -0.05) is 13.0 Å². The Morgan fingerprint density at radius 2 is 1.92 bits per heavy atom. The summed E-state index contributed by atoms with van der Waals surface area (Å²) in [6.45, 7) is 3.41. The molecule has 0 saturated carbocycles. The number of rotatable bonds is 4. The zero-order valence-electron chi connectivity index (χ0n) is 14.4. The first-order valence-corrected chi connectivity index (χ1v) is 8.22. The van der Waals surface area contributed by atoms with Crippen LogP contribution in [-0.4, -0.2) is 26.7 Å². The van der Waals surface area contributed by atoms with Crippen LogP contribution < -0.4 is 0 Å². The second kappa shape index (κ2) is 6.63. The molecule has 0 aliphatic carbocycles. The minimum atomic E-state index is -1.00. The molecule has 3 aromatic rings. The Kier molecular flexibility index (Phi) is 4.50. The third kappa shape index (κ3) is 2.83. The number of fused-ring (bicyclic) bond motifs is 1. The number of aliphatic carboxylic acids is 1. The Morgan fingerprint density at radius 3 is 2.54 bits per heavy atom. The third-order valence-electron chi connectivity index (χ3n) is 4.57. The van der Waals surface area contributed by atoms with Crippen LogP contribution >= 0.6 is 0 Å². The van der Waals surface area contributed by atoms with Gasteiger partial charge in [-0.2, -0.15) is 0 Å². The zero-order valence-corrected chi connectivity index (χ0v) is 14.4. The first-order valence-electron chi connectivity index (χ1n) is 8.22. The van der Waals surface area contributed by atoms with Crippen LogP contribution in [0.1, 0.15) is 40.9 Å². The maximum absolute atomic E-state index is 13.5. The van der Waals surface area contributed by atoms with E-state index in [1.165, 1.54) is 34.9 Å². The number of nitrogens with zero attached hydrogens (tertiary/aromatic N) is 1. The molecule has 0 aliphatic rings. The average molecular weight is 355 g/mol. The first kappa shape index (κ1) is 17.7. The molecule has 1 heterocycles. The van der Waals surface area contributed by atoms with Crippen molar-refractivity contribution >= 4 is 22.8 Å².